The molecule has 4 heteroatoms. The highest BCUT2D eigenvalue weighted by Crippen LogP contribution is 2.14. The zero-order valence-electron chi connectivity index (χ0n) is 9.78. The number of rotatable bonds is 5. The van der Waals surface area contributed by atoms with Crippen molar-refractivity contribution in [1.82, 2.24) is 9.88 Å². The van der Waals surface area contributed by atoms with Gasteiger partial charge in [0.25, 0.3) is 0 Å². The Bertz CT molecular complexity index is 324. The minimum absolute atomic E-state index is 0.745. The molecule has 1 aromatic rings. The first-order valence-corrected chi connectivity index (χ1v) is 5.86. The highest BCUT2D eigenvalue weighted by Gasteiger charge is 2.10. The van der Waals surface area contributed by atoms with E-state index in [-0.39, 0.29) is 0 Å². The lowest BCUT2D eigenvalue weighted by atomic mass is 10.4. The highest BCUT2D eigenvalue weighted by atomic mass is 16.5. The summed E-state index contributed by atoms with van der Waals surface area (Å²) in [6.07, 6.45) is 6.20. The second kappa shape index (κ2) is 5.70. The summed E-state index contributed by atoms with van der Waals surface area (Å²) < 4.78 is 5.67. The van der Waals surface area contributed by atoms with Crippen LogP contribution >= 0.6 is 0 Å². The zero-order valence-corrected chi connectivity index (χ0v) is 9.78. The molecular formula is C12H19N3O. The molecule has 0 saturated carbocycles. The smallest absolute Gasteiger partial charge is 0.139 e. The van der Waals surface area contributed by atoms with Crippen molar-refractivity contribution in [2.45, 2.75) is 12.8 Å². The van der Waals surface area contributed by atoms with Gasteiger partial charge in [0.2, 0.25) is 0 Å². The molecule has 1 aliphatic heterocycles. The molecule has 0 aromatic carbocycles. The van der Waals surface area contributed by atoms with Crippen molar-refractivity contribution in [3.05, 3.63) is 18.5 Å². The molecule has 88 valence electrons. The maximum atomic E-state index is 5.67. The van der Waals surface area contributed by atoms with E-state index in [1.807, 2.05) is 13.1 Å². The van der Waals surface area contributed by atoms with E-state index in [0.717, 1.165) is 24.6 Å². The highest BCUT2D eigenvalue weighted by molar-refractivity contribution is 5.44. The number of likely N-dealkylation sites (tertiary alicyclic amines) is 1. The number of hydrogen-bond acceptors (Lipinski definition) is 4. The summed E-state index contributed by atoms with van der Waals surface area (Å²) in [6, 6.07) is 1.97. The van der Waals surface area contributed by atoms with E-state index in [9.17, 15) is 0 Å². The van der Waals surface area contributed by atoms with Gasteiger partial charge in [-0.15, -0.1) is 0 Å². The molecule has 1 aliphatic rings. The Kier molecular flexibility index (Phi) is 3.99. The van der Waals surface area contributed by atoms with Crippen LogP contribution in [-0.4, -0.2) is 43.2 Å². The van der Waals surface area contributed by atoms with Crippen molar-refractivity contribution in [1.29, 1.82) is 0 Å². The Morgan fingerprint density at radius 1 is 1.38 bits per heavy atom. The summed E-state index contributed by atoms with van der Waals surface area (Å²) in [7, 11) is 1.88. The van der Waals surface area contributed by atoms with Gasteiger partial charge in [-0.3, -0.25) is 9.88 Å². The molecule has 16 heavy (non-hydrogen) atoms. The van der Waals surface area contributed by atoms with E-state index in [1.54, 1.807) is 12.4 Å². The van der Waals surface area contributed by atoms with Gasteiger partial charge in [-0.1, -0.05) is 0 Å². The van der Waals surface area contributed by atoms with Crippen LogP contribution in [0.3, 0.4) is 0 Å². The Morgan fingerprint density at radius 2 is 2.19 bits per heavy atom. The quantitative estimate of drug-likeness (QED) is 0.819. The van der Waals surface area contributed by atoms with Crippen LogP contribution in [0.5, 0.6) is 5.75 Å². The molecule has 2 heterocycles. The van der Waals surface area contributed by atoms with Gasteiger partial charge in [0.15, 0.2) is 0 Å². The van der Waals surface area contributed by atoms with Crippen molar-refractivity contribution in [3.63, 3.8) is 0 Å². The fraction of sp³-hybridized carbons (Fsp3) is 0.583. The fourth-order valence-corrected chi connectivity index (χ4v) is 1.93. The number of nitrogens with one attached hydrogen (secondary N) is 1. The third kappa shape index (κ3) is 3.10. The molecule has 4 nitrogen and oxygen atoms in total. The van der Waals surface area contributed by atoms with Gasteiger partial charge in [0.05, 0.1) is 18.1 Å². The SMILES string of the molecule is CNc1cncc(OCCN2CCCC2)c1. The average Bonchev–Trinajstić information content (AvgIpc) is 2.82. The molecular weight excluding hydrogens is 202 g/mol. The minimum Gasteiger partial charge on any atom is -0.491 e. The summed E-state index contributed by atoms with van der Waals surface area (Å²) in [6.45, 7) is 4.20. The van der Waals surface area contributed by atoms with Gasteiger partial charge >= 0.3 is 0 Å². The number of nitrogens with zero attached hydrogens (tertiary/aromatic N) is 2. The van der Waals surface area contributed by atoms with Crippen LogP contribution in [0.1, 0.15) is 12.8 Å². The van der Waals surface area contributed by atoms with Crippen LogP contribution < -0.4 is 10.1 Å². The van der Waals surface area contributed by atoms with E-state index in [4.69, 9.17) is 4.74 Å². The van der Waals surface area contributed by atoms with Crippen molar-refractivity contribution in [3.8, 4) is 5.75 Å². The van der Waals surface area contributed by atoms with Gasteiger partial charge in [-0.05, 0) is 25.9 Å². The maximum absolute atomic E-state index is 5.67. The third-order valence-corrected chi connectivity index (χ3v) is 2.88. The van der Waals surface area contributed by atoms with E-state index >= 15 is 0 Å². The van der Waals surface area contributed by atoms with E-state index in [0.29, 0.717) is 0 Å². The average molecular weight is 221 g/mol. The summed E-state index contributed by atoms with van der Waals surface area (Å²) in [5.74, 6) is 0.839. The van der Waals surface area contributed by atoms with Gasteiger partial charge in [-0.2, -0.15) is 0 Å². The van der Waals surface area contributed by atoms with Gasteiger partial charge in [-0.25, -0.2) is 0 Å². The molecule has 0 spiro atoms. The molecule has 0 unspecified atom stereocenters. The number of hydrogen-bond donors (Lipinski definition) is 1. The summed E-state index contributed by atoms with van der Waals surface area (Å²) >= 11 is 0. The predicted molar refractivity (Wildman–Crippen MR) is 65.0 cm³/mol. The maximum Gasteiger partial charge on any atom is 0.139 e. The van der Waals surface area contributed by atoms with E-state index in [1.165, 1.54) is 25.9 Å². The first kappa shape index (κ1) is 11.2. The van der Waals surface area contributed by atoms with Crippen LogP contribution in [0, 0.1) is 0 Å². The number of pyridine rings is 1. The monoisotopic (exact) mass is 221 g/mol. The number of anilines is 1. The van der Waals surface area contributed by atoms with E-state index in [2.05, 4.69) is 15.2 Å². The van der Waals surface area contributed by atoms with Crippen LogP contribution in [0.4, 0.5) is 5.69 Å². The lowest BCUT2D eigenvalue weighted by molar-refractivity contribution is 0.237. The molecule has 1 aromatic heterocycles. The first-order chi connectivity index (χ1) is 7.88. The molecule has 0 bridgehead atoms. The minimum atomic E-state index is 0.745. The lowest BCUT2D eigenvalue weighted by Gasteiger charge is -2.14. The molecule has 0 radical (unpaired) electrons. The van der Waals surface area contributed by atoms with E-state index < -0.39 is 0 Å². The van der Waals surface area contributed by atoms with Crippen LogP contribution in [0.25, 0.3) is 0 Å². The second-order valence-corrected chi connectivity index (χ2v) is 4.06. The molecule has 0 atom stereocenters. The van der Waals surface area contributed by atoms with Crippen molar-refractivity contribution < 1.29 is 4.74 Å². The lowest BCUT2D eigenvalue weighted by Crippen LogP contribution is -2.25. The van der Waals surface area contributed by atoms with Crippen LogP contribution in [0.15, 0.2) is 18.5 Å². The topological polar surface area (TPSA) is 37.4 Å². The van der Waals surface area contributed by atoms with Crippen LogP contribution in [0.2, 0.25) is 0 Å². The van der Waals surface area contributed by atoms with Gasteiger partial charge in [0, 0.05) is 19.7 Å². The molecule has 1 N–H and O–H groups in total. The number of ether oxygens (including phenoxy) is 1. The Balaban J connectivity index is 1.75. The zero-order chi connectivity index (χ0) is 11.2. The van der Waals surface area contributed by atoms with Crippen molar-refractivity contribution >= 4 is 5.69 Å². The molecule has 2 rings (SSSR count). The molecule has 1 saturated heterocycles. The fourth-order valence-electron chi connectivity index (χ4n) is 1.93. The predicted octanol–water partition coefficient (Wildman–Crippen LogP) is 1.60. The Labute approximate surface area is 96.6 Å². The summed E-state index contributed by atoms with van der Waals surface area (Å²) in [4.78, 5) is 6.54. The molecule has 0 aliphatic carbocycles. The van der Waals surface area contributed by atoms with Gasteiger partial charge in [0.1, 0.15) is 12.4 Å². The first-order valence-electron chi connectivity index (χ1n) is 5.86. The van der Waals surface area contributed by atoms with Crippen molar-refractivity contribution in [2.24, 2.45) is 0 Å². The standard InChI is InChI=1S/C12H19N3O/c1-13-11-8-12(10-14-9-11)16-7-6-15-4-2-3-5-15/h8-10,13H,2-7H2,1H3. The van der Waals surface area contributed by atoms with Crippen molar-refractivity contribution in [2.75, 3.05) is 38.6 Å². The molecule has 1 fully saturated rings. The third-order valence-electron chi connectivity index (χ3n) is 2.88. The summed E-state index contributed by atoms with van der Waals surface area (Å²) in [5.41, 5.74) is 0.985. The second-order valence-electron chi connectivity index (χ2n) is 4.06. The Hall–Kier alpha value is -1.29. The largest absolute Gasteiger partial charge is 0.491 e. The molecule has 0 amide bonds. The normalized spacial score (nSPS) is 16.3. The number of aromatic nitrogens is 1. The summed E-state index contributed by atoms with van der Waals surface area (Å²) in [5, 5.41) is 3.05. The Morgan fingerprint density at radius 3 is 2.94 bits per heavy atom. The van der Waals surface area contributed by atoms with Gasteiger partial charge < -0.3 is 10.1 Å². The van der Waals surface area contributed by atoms with Crippen LogP contribution in [-0.2, 0) is 0 Å².